The van der Waals surface area contributed by atoms with Crippen molar-refractivity contribution in [2.24, 2.45) is 0 Å². The molecule has 0 spiro atoms. The Labute approximate surface area is 154 Å². The second-order valence-electron chi connectivity index (χ2n) is 5.92. The molecule has 2 rings (SSSR count). The molecule has 2 N–H and O–H groups in total. The fourth-order valence-corrected chi connectivity index (χ4v) is 2.39. The van der Waals surface area contributed by atoms with Crippen LogP contribution < -0.4 is 15.4 Å². The van der Waals surface area contributed by atoms with Gasteiger partial charge in [0.15, 0.2) is 0 Å². The average molecular weight is 355 g/mol. The van der Waals surface area contributed by atoms with Crippen molar-refractivity contribution in [2.75, 3.05) is 13.7 Å². The molecule has 0 fully saturated rings. The first-order valence-corrected chi connectivity index (χ1v) is 8.79. The Bertz CT molecular complexity index is 729. The van der Waals surface area contributed by atoms with E-state index in [0.29, 0.717) is 18.7 Å². The Morgan fingerprint density at radius 2 is 1.81 bits per heavy atom. The van der Waals surface area contributed by atoms with Crippen molar-refractivity contribution in [3.8, 4) is 5.75 Å². The number of nitrogens with one attached hydrogen (secondary N) is 2. The molecule has 1 aromatic heterocycles. The molecule has 2 aromatic rings. The van der Waals surface area contributed by atoms with E-state index in [2.05, 4.69) is 22.5 Å². The van der Waals surface area contributed by atoms with Crippen LogP contribution in [0.2, 0.25) is 0 Å². The van der Waals surface area contributed by atoms with Crippen molar-refractivity contribution in [2.45, 2.75) is 32.7 Å². The third-order valence-corrected chi connectivity index (χ3v) is 3.93. The van der Waals surface area contributed by atoms with Gasteiger partial charge in [-0.1, -0.05) is 31.9 Å². The molecule has 26 heavy (non-hydrogen) atoms. The van der Waals surface area contributed by atoms with E-state index in [1.165, 1.54) is 12.3 Å². The summed E-state index contributed by atoms with van der Waals surface area (Å²) in [5, 5.41) is 5.66. The van der Waals surface area contributed by atoms with Crippen LogP contribution in [0.5, 0.6) is 5.75 Å². The molecule has 0 unspecified atom stereocenters. The number of methoxy groups -OCH3 is 1. The third-order valence-electron chi connectivity index (χ3n) is 3.93. The maximum absolute atomic E-state index is 12.3. The van der Waals surface area contributed by atoms with Crippen molar-refractivity contribution in [3.63, 3.8) is 0 Å². The highest BCUT2D eigenvalue weighted by Gasteiger charge is 2.11. The van der Waals surface area contributed by atoms with Gasteiger partial charge >= 0.3 is 0 Å². The Morgan fingerprint density at radius 3 is 2.50 bits per heavy atom. The van der Waals surface area contributed by atoms with Gasteiger partial charge in [0.2, 0.25) is 0 Å². The number of ether oxygens (including phenoxy) is 1. The van der Waals surface area contributed by atoms with E-state index in [-0.39, 0.29) is 17.5 Å². The molecule has 0 radical (unpaired) electrons. The zero-order valence-corrected chi connectivity index (χ0v) is 15.2. The highest BCUT2D eigenvalue weighted by Crippen LogP contribution is 2.11. The van der Waals surface area contributed by atoms with Crippen LogP contribution in [-0.4, -0.2) is 30.5 Å². The summed E-state index contributed by atoms with van der Waals surface area (Å²) in [4.78, 5) is 28.5. The number of carbonyl (C=O) groups excluding carboxylic acids is 2. The lowest BCUT2D eigenvalue weighted by Crippen LogP contribution is -2.27. The largest absolute Gasteiger partial charge is 0.497 e. The number of hydrogen-bond donors (Lipinski definition) is 2. The lowest BCUT2D eigenvalue weighted by Gasteiger charge is -2.08. The number of rotatable bonds is 9. The van der Waals surface area contributed by atoms with Crippen LogP contribution in [0, 0.1) is 0 Å². The van der Waals surface area contributed by atoms with Gasteiger partial charge in [0, 0.05) is 24.8 Å². The molecule has 2 amide bonds. The quantitative estimate of drug-likeness (QED) is 0.678. The Morgan fingerprint density at radius 1 is 1.04 bits per heavy atom. The minimum atomic E-state index is -0.258. The van der Waals surface area contributed by atoms with Crippen LogP contribution in [0.15, 0.2) is 42.6 Å². The SMILES string of the molecule is CCCCCNC(=O)c1cc(C(=O)NCc2ccc(OC)cc2)ccn1. The van der Waals surface area contributed by atoms with Gasteiger partial charge in [0.1, 0.15) is 11.4 Å². The summed E-state index contributed by atoms with van der Waals surface area (Å²) < 4.78 is 5.11. The number of unbranched alkanes of at least 4 members (excludes halogenated alkanes) is 2. The number of aromatic nitrogens is 1. The minimum Gasteiger partial charge on any atom is -0.497 e. The molecule has 1 heterocycles. The van der Waals surface area contributed by atoms with Gasteiger partial charge in [-0.15, -0.1) is 0 Å². The maximum atomic E-state index is 12.3. The van der Waals surface area contributed by atoms with E-state index in [4.69, 9.17) is 4.74 Å². The van der Waals surface area contributed by atoms with Gasteiger partial charge in [-0.2, -0.15) is 0 Å². The molecule has 0 aliphatic rings. The monoisotopic (exact) mass is 355 g/mol. The molecular formula is C20H25N3O3. The van der Waals surface area contributed by atoms with Crippen LogP contribution in [-0.2, 0) is 6.54 Å². The minimum absolute atomic E-state index is 0.247. The van der Waals surface area contributed by atoms with Crippen LogP contribution >= 0.6 is 0 Å². The topological polar surface area (TPSA) is 80.3 Å². The summed E-state index contributed by atoms with van der Waals surface area (Å²) >= 11 is 0. The van der Waals surface area contributed by atoms with Crippen molar-refractivity contribution in [1.82, 2.24) is 15.6 Å². The second-order valence-corrected chi connectivity index (χ2v) is 5.92. The fraction of sp³-hybridized carbons (Fsp3) is 0.350. The number of benzene rings is 1. The predicted octanol–water partition coefficient (Wildman–Crippen LogP) is 2.94. The van der Waals surface area contributed by atoms with E-state index >= 15 is 0 Å². The van der Waals surface area contributed by atoms with Crippen LogP contribution in [0.25, 0.3) is 0 Å². The fourth-order valence-electron chi connectivity index (χ4n) is 2.39. The molecule has 0 saturated heterocycles. The van der Waals surface area contributed by atoms with E-state index in [9.17, 15) is 9.59 Å². The summed E-state index contributed by atoms with van der Waals surface area (Å²) in [5.74, 6) is 0.262. The molecule has 138 valence electrons. The van der Waals surface area contributed by atoms with E-state index < -0.39 is 0 Å². The summed E-state index contributed by atoms with van der Waals surface area (Å²) in [6, 6.07) is 10.6. The number of amides is 2. The standard InChI is InChI=1S/C20H25N3O3/c1-3-4-5-11-22-20(25)18-13-16(10-12-21-18)19(24)23-14-15-6-8-17(26-2)9-7-15/h6-10,12-13H,3-5,11,14H2,1-2H3,(H,22,25)(H,23,24). The molecule has 0 atom stereocenters. The lowest BCUT2D eigenvalue weighted by atomic mass is 10.2. The van der Waals surface area contributed by atoms with Gasteiger partial charge in [-0.3, -0.25) is 14.6 Å². The molecule has 6 nitrogen and oxygen atoms in total. The van der Waals surface area contributed by atoms with Crippen molar-refractivity contribution in [3.05, 3.63) is 59.4 Å². The first-order valence-electron chi connectivity index (χ1n) is 8.79. The first kappa shape index (κ1) is 19.4. The number of carbonyl (C=O) groups is 2. The number of nitrogens with zero attached hydrogens (tertiary/aromatic N) is 1. The predicted molar refractivity (Wildman–Crippen MR) is 100 cm³/mol. The van der Waals surface area contributed by atoms with Crippen LogP contribution in [0.3, 0.4) is 0 Å². The highest BCUT2D eigenvalue weighted by atomic mass is 16.5. The van der Waals surface area contributed by atoms with E-state index in [1.807, 2.05) is 24.3 Å². The third kappa shape index (κ3) is 5.88. The lowest BCUT2D eigenvalue weighted by molar-refractivity contribution is 0.0948. The number of hydrogen-bond acceptors (Lipinski definition) is 4. The number of pyridine rings is 1. The van der Waals surface area contributed by atoms with Crippen molar-refractivity contribution >= 4 is 11.8 Å². The maximum Gasteiger partial charge on any atom is 0.269 e. The van der Waals surface area contributed by atoms with E-state index in [1.54, 1.807) is 13.2 Å². The van der Waals surface area contributed by atoms with Gasteiger partial charge in [-0.25, -0.2) is 0 Å². The molecule has 1 aromatic carbocycles. The zero-order valence-electron chi connectivity index (χ0n) is 15.2. The summed E-state index contributed by atoms with van der Waals surface area (Å²) in [5.41, 5.74) is 1.62. The molecule has 0 aliphatic heterocycles. The molecule has 0 saturated carbocycles. The van der Waals surface area contributed by atoms with Crippen LogP contribution in [0.4, 0.5) is 0 Å². The summed E-state index contributed by atoms with van der Waals surface area (Å²) in [6.45, 7) is 3.11. The van der Waals surface area contributed by atoms with Crippen molar-refractivity contribution in [1.29, 1.82) is 0 Å². The van der Waals surface area contributed by atoms with Gasteiger partial charge in [-0.05, 0) is 36.2 Å². The average Bonchev–Trinajstić information content (AvgIpc) is 2.69. The van der Waals surface area contributed by atoms with Crippen molar-refractivity contribution < 1.29 is 14.3 Å². The highest BCUT2D eigenvalue weighted by molar-refractivity contribution is 5.98. The Kier molecular flexibility index (Phi) is 7.61. The molecule has 6 heteroatoms. The smallest absolute Gasteiger partial charge is 0.269 e. The summed E-state index contributed by atoms with van der Waals surface area (Å²) in [7, 11) is 1.61. The second kappa shape index (κ2) is 10.2. The zero-order chi connectivity index (χ0) is 18.8. The Balaban J connectivity index is 1.91. The Hall–Kier alpha value is -2.89. The first-order chi connectivity index (χ1) is 12.6. The van der Waals surface area contributed by atoms with Gasteiger partial charge in [0.25, 0.3) is 11.8 Å². The molecular weight excluding hydrogens is 330 g/mol. The van der Waals surface area contributed by atoms with Gasteiger partial charge in [0.05, 0.1) is 7.11 Å². The van der Waals surface area contributed by atoms with Gasteiger partial charge < -0.3 is 15.4 Å². The molecule has 0 aliphatic carbocycles. The normalized spacial score (nSPS) is 10.2. The van der Waals surface area contributed by atoms with Crippen LogP contribution in [0.1, 0.15) is 52.6 Å². The molecule has 0 bridgehead atoms. The van der Waals surface area contributed by atoms with E-state index in [0.717, 1.165) is 30.6 Å². The summed E-state index contributed by atoms with van der Waals surface area (Å²) in [6.07, 6.45) is 4.58.